The number of rotatable bonds is 5. The SMILES string of the molecule is CC(NC(=O)c1cc(Nc2ccc3c(c2)OCCO3)ccn1)c1ccccc1. The van der Waals surface area contributed by atoms with Crippen LogP contribution >= 0.6 is 0 Å². The molecule has 2 aromatic carbocycles. The maximum absolute atomic E-state index is 12.6. The van der Waals surface area contributed by atoms with Crippen LogP contribution in [0, 0.1) is 0 Å². The summed E-state index contributed by atoms with van der Waals surface area (Å²) in [5.74, 6) is 1.23. The van der Waals surface area contributed by atoms with Gasteiger partial charge in [0.25, 0.3) is 5.91 Å². The topological polar surface area (TPSA) is 72.5 Å². The quantitative estimate of drug-likeness (QED) is 0.703. The number of carbonyl (C=O) groups is 1. The number of aromatic nitrogens is 1. The van der Waals surface area contributed by atoms with Crippen LogP contribution in [0.1, 0.15) is 29.0 Å². The Morgan fingerprint density at radius 2 is 1.71 bits per heavy atom. The van der Waals surface area contributed by atoms with Crippen molar-refractivity contribution in [3.05, 3.63) is 78.1 Å². The lowest BCUT2D eigenvalue weighted by Gasteiger charge is -2.19. The maximum atomic E-state index is 12.6. The second-order valence-electron chi connectivity index (χ2n) is 6.52. The van der Waals surface area contributed by atoms with Gasteiger partial charge in [-0.2, -0.15) is 0 Å². The number of fused-ring (bicyclic) bond motifs is 1. The molecule has 1 amide bonds. The second kappa shape index (κ2) is 8.00. The Morgan fingerprint density at radius 1 is 0.964 bits per heavy atom. The van der Waals surface area contributed by atoms with Gasteiger partial charge in [0.05, 0.1) is 6.04 Å². The van der Waals surface area contributed by atoms with Crippen molar-refractivity contribution in [1.82, 2.24) is 10.3 Å². The Kier molecular flexibility index (Phi) is 5.10. The molecule has 6 nitrogen and oxygen atoms in total. The number of benzene rings is 2. The van der Waals surface area contributed by atoms with Crippen LogP contribution in [0.15, 0.2) is 66.9 Å². The molecule has 1 aromatic heterocycles. The highest BCUT2D eigenvalue weighted by Gasteiger charge is 2.14. The Morgan fingerprint density at radius 3 is 2.54 bits per heavy atom. The zero-order valence-electron chi connectivity index (χ0n) is 15.5. The highest BCUT2D eigenvalue weighted by molar-refractivity contribution is 5.93. The molecule has 0 bridgehead atoms. The Balaban J connectivity index is 1.46. The van der Waals surface area contributed by atoms with Gasteiger partial charge < -0.3 is 20.1 Å². The van der Waals surface area contributed by atoms with Crippen molar-refractivity contribution in [2.75, 3.05) is 18.5 Å². The van der Waals surface area contributed by atoms with Gasteiger partial charge in [0.15, 0.2) is 11.5 Å². The van der Waals surface area contributed by atoms with Crippen molar-refractivity contribution in [1.29, 1.82) is 0 Å². The molecule has 142 valence electrons. The fourth-order valence-corrected chi connectivity index (χ4v) is 3.02. The van der Waals surface area contributed by atoms with E-state index in [1.807, 2.05) is 61.5 Å². The lowest BCUT2D eigenvalue weighted by molar-refractivity contribution is 0.0935. The van der Waals surface area contributed by atoms with Crippen LogP contribution in [-0.2, 0) is 0 Å². The molecule has 0 saturated carbocycles. The molecule has 1 atom stereocenters. The highest BCUT2D eigenvalue weighted by atomic mass is 16.6. The number of ether oxygens (including phenoxy) is 2. The first-order chi connectivity index (χ1) is 13.7. The molecule has 28 heavy (non-hydrogen) atoms. The number of carbonyl (C=O) groups excluding carboxylic acids is 1. The Hall–Kier alpha value is -3.54. The van der Waals surface area contributed by atoms with Crippen molar-refractivity contribution in [2.45, 2.75) is 13.0 Å². The molecule has 0 saturated heterocycles. The number of hydrogen-bond donors (Lipinski definition) is 2. The lowest BCUT2D eigenvalue weighted by Crippen LogP contribution is -2.27. The third-order valence-corrected chi connectivity index (χ3v) is 4.47. The third-order valence-electron chi connectivity index (χ3n) is 4.47. The van der Waals surface area contributed by atoms with E-state index in [9.17, 15) is 4.79 Å². The molecule has 2 N–H and O–H groups in total. The van der Waals surface area contributed by atoms with E-state index in [4.69, 9.17) is 9.47 Å². The van der Waals surface area contributed by atoms with Crippen LogP contribution in [0.3, 0.4) is 0 Å². The van der Waals surface area contributed by atoms with E-state index in [0.29, 0.717) is 24.7 Å². The monoisotopic (exact) mass is 375 g/mol. The summed E-state index contributed by atoms with van der Waals surface area (Å²) < 4.78 is 11.1. The van der Waals surface area contributed by atoms with Crippen LogP contribution < -0.4 is 20.1 Å². The predicted molar refractivity (Wildman–Crippen MR) is 107 cm³/mol. The van der Waals surface area contributed by atoms with E-state index in [1.165, 1.54) is 0 Å². The summed E-state index contributed by atoms with van der Waals surface area (Å²) in [6.07, 6.45) is 1.61. The highest BCUT2D eigenvalue weighted by Crippen LogP contribution is 2.33. The number of nitrogens with zero attached hydrogens (tertiary/aromatic N) is 1. The molecule has 2 heterocycles. The fourth-order valence-electron chi connectivity index (χ4n) is 3.02. The van der Waals surface area contributed by atoms with Gasteiger partial charge in [0.1, 0.15) is 18.9 Å². The molecule has 3 aromatic rings. The van der Waals surface area contributed by atoms with E-state index < -0.39 is 0 Å². The summed E-state index contributed by atoms with van der Waals surface area (Å²) in [7, 11) is 0. The molecule has 0 spiro atoms. The van der Waals surface area contributed by atoms with Crippen molar-refractivity contribution < 1.29 is 14.3 Å². The Bertz CT molecular complexity index is 976. The zero-order chi connectivity index (χ0) is 19.3. The smallest absolute Gasteiger partial charge is 0.270 e. The van der Waals surface area contributed by atoms with Gasteiger partial charge in [-0.15, -0.1) is 0 Å². The minimum Gasteiger partial charge on any atom is -0.486 e. The molecule has 1 unspecified atom stereocenters. The first-order valence-corrected chi connectivity index (χ1v) is 9.17. The maximum Gasteiger partial charge on any atom is 0.270 e. The van der Waals surface area contributed by atoms with Gasteiger partial charge in [-0.3, -0.25) is 9.78 Å². The first-order valence-electron chi connectivity index (χ1n) is 9.17. The number of nitrogens with one attached hydrogen (secondary N) is 2. The fraction of sp³-hybridized carbons (Fsp3) is 0.182. The van der Waals surface area contributed by atoms with Crippen molar-refractivity contribution in [3.63, 3.8) is 0 Å². The summed E-state index contributed by atoms with van der Waals surface area (Å²) in [5, 5.41) is 6.26. The van der Waals surface area contributed by atoms with Crippen molar-refractivity contribution >= 4 is 17.3 Å². The van der Waals surface area contributed by atoms with Gasteiger partial charge >= 0.3 is 0 Å². The third kappa shape index (κ3) is 4.06. The predicted octanol–water partition coefficient (Wildman–Crippen LogP) is 4.09. The van der Waals surface area contributed by atoms with E-state index in [0.717, 1.165) is 22.7 Å². The second-order valence-corrected chi connectivity index (χ2v) is 6.52. The van der Waals surface area contributed by atoms with E-state index in [1.54, 1.807) is 12.3 Å². The van der Waals surface area contributed by atoms with Crippen molar-refractivity contribution in [2.24, 2.45) is 0 Å². The first kappa shape index (κ1) is 17.9. The average Bonchev–Trinajstić information content (AvgIpc) is 2.74. The molecule has 0 fully saturated rings. The minimum atomic E-state index is -0.220. The summed E-state index contributed by atoms with van der Waals surface area (Å²) >= 11 is 0. The number of pyridine rings is 1. The van der Waals surface area contributed by atoms with Crippen LogP contribution in [0.25, 0.3) is 0 Å². The average molecular weight is 375 g/mol. The van der Waals surface area contributed by atoms with Gasteiger partial charge in [0.2, 0.25) is 0 Å². The van der Waals surface area contributed by atoms with E-state index in [2.05, 4.69) is 15.6 Å². The van der Waals surface area contributed by atoms with Gasteiger partial charge in [-0.1, -0.05) is 30.3 Å². The van der Waals surface area contributed by atoms with E-state index in [-0.39, 0.29) is 11.9 Å². The number of hydrogen-bond acceptors (Lipinski definition) is 5. The van der Waals surface area contributed by atoms with Crippen LogP contribution in [0.5, 0.6) is 11.5 Å². The molecule has 0 aliphatic carbocycles. The van der Waals surface area contributed by atoms with Crippen LogP contribution in [0.2, 0.25) is 0 Å². The lowest BCUT2D eigenvalue weighted by atomic mass is 10.1. The van der Waals surface area contributed by atoms with Gasteiger partial charge in [0, 0.05) is 23.6 Å². The van der Waals surface area contributed by atoms with Crippen LogP contribution in [0.4, 0.5) is 11.4 Å². The molecule has 4 rings (SSSR count). The summed E-state index contributed by atoms with van der Waals surface area (Å²) in [6, 6.07) is 18.9. The molecule has 1 aliphatic rings. The summed E-state index contributed by atoms with van der Waals surface area (Å²) in [5.41, 5.74) is 3.01. The number of anilines is 2. The molecule has 6 heteroatoms. The van der Waals surface area contributed by atoms with Crippen molar-refractivity contribution in [3.8, 4) is 11.5 Å². The standard InChI is InChI=1S/C22H21N3O3/c1-15(16-5-3-2-4-6-16)24-22(26)19-13-18(9-10-23-19)25-17-7-8-20-21(14-17)28-12-11-27-20/h2-10,13-15H,11-12H2,1H3,(H,23,25)(H,24,26). The van der Waals surface area contributed by atoms with Gasteiger partial charge in [-0.25, -0.2) is 0 Å². The largest absolute Gasteiger partial charge is 0.486 e. The molecule has 0 radical (unpaired) electrons. The molecular weight excluding hydrogens is 354 g/mol. The van der Waals surface area contributed by atoms with Gasteiger partial charge in [-0.05, 0) is 36.8 Å². The summed E-state index contributed by atoms with van der Waals surface area (Å²) in [4.78, 5) is 16.8. The molecule has 1 aliphatic heterocycles. The summed E-state index contributed by atoms with van der Waals surface area (Å²) in [6.45, 7) is 3.05. The van der Waals surface area contributed by atoms with E-state index >= 15 is 0 Å². The zero-order valence-corrected chi connectivity index (χ0v) is 15.5. The normalized spacial score (nSPS) is 13.5. The Labute approximate surface area is 163 Å². The number of amides is 1. The minimum absolute atomic E-state index is 0.107. The van der Waals surface area contributed by atoms with Crippen LogP contribution in [-0.4, -0.2) is 24.1 Å². The molecular formula is C22H21N3O3.